The van der Waals surface area contributed by atoms with Crippen molar-refractivity contribution in [1.82, 2.24) is 19.9 Å². The van der Waals surface area contributed by atoms with Crippen molar-refractivity contribution in [3.8, 4) is 0 Å². The highest BCUT2D eigenvalue weighted by atomic mass is 35.5. The van der Waals surface area contributed by atoms with Crippen LogP contribution in [0.15, 0.2) is 72.2 Å². The molecule has 4 heterocycles. The molecule has 1 aliphatic rings. The second-order valence-electron chi connectivity index (χ2n) is 9.11. The fraction of sp³-hybridized carbons (Fsp3) is 0.172. The number of benzene rings is 2. The van der Waals surface area contributed by atoms with Crippen LogP contribution in [0.1, 0.15) is 27.8 Å². The van der Waals surface area contributed by atoms with E-state index in [-0.39, 0.29) is 0 Å². The molecule has 5 N–H and O–H groups in total. The highest BCUT2D eigenvalue weighted by Crippen LogP contribution is 2.26. The number of nitrogens with two attached hydrogens (primary N) is 2. The van der Waals surface area contributed by atoms with Gasteiger partial charge in [-0.3, -0.25) is 4.99 Å². The van der Waals surface area contributed by atoms with Gasteiger partial charge in [0.05, 0.1) is 46.8 Å². The van der Waals surface area contributed by atoms with Gasteiger partial charge in [-0.05, 0) is 77.8 Å². The maximum atomic E-state index is 5.90. The summed E-state index contributed by atoms with van der Waals surface area (Å²) in [6, 6.07) is 16.2. The minimum atomic E-state index is 0.474. The van der Waals surface area contributed by atoms with E-state index >= 15 is 0 Å². The van der Waals surface area contributed by atoms with Crippen molar-refractivity contribution in [1.29, 1.82) is 0 Å². The Morgan fingerprint density at radius 1 is 0.763 bits per heavy atom. The average molecular weight is 544 g/mol. The minimum absolute atomic E-state index is 0.474. The number of anilines is 2. The van der Waals surface area contributed by atoms with Crippen LogP contribution >= 0.6 is 23.2 Å². The summed E-state index contributed by atoms with van der Waals surface area (Å²) in [6.07, 6.45) is 11.3. The molecular weight excluding hydrogens is 517 g/mol. The zero-order valence-corrected chi connectivity index (χ0v) is 22.2. The maximum absolute atomic E-state index is 5.90. The topological polar surface area (TPSA) is 119 Å². The maximum Gasteiger partial charge on any atom is 0.129 e. The summed E-state index contributed by atoms with van der Waals surface area (Å²) in [7, 11) is 0. The molecule has 0 atom stereocenters. The minimum Gasteiger partial charge on any atom is -0.397 e. The van der Waals surface area contributed by atoms with Crippen molar-refractivity contribution in [2.75, 3.05) is 11.5 Å². The summed E-state index contributed by atoms with van der Waals surface area (Å²) < 4.78 is 0. The number of H-pyrrole nitrogens is 1. The van der Waals surface area contributed by atoms with Crippen molar-refractivity contribution in [3.63, 3.8) is 0 Å². The lowest BCUT2D eigenvalue weighted by Crippen LogP contribution is -1.99. The van der Waals surface area contributed by atoms with Crippen molar-refractivity contribution >= 4 is 57.5 Å². The van der Waals surface area contributed by atoms with E-state index in [4.69, 9.17) is 34.7 Å². The number of aliphatic imine (C=N–C) groups is 1. The summed E-state index contributed by atoms with van der Waals surface area (Å²) >= 11 is 11.8. The zero-order valence-electron chi connectivity index (χ0n) is 20.7. The van der Waals surface area contributed by atoms with Crippen LogP contribution in [0.2, 0.25) is 10.3 Å². The standard InChI is InChI=1S/C15H14ClN3.C14H13ClN4/c16-15-8-12(13(17)9-19-15)4-2-10-1-3-11-5-6-18-14(11)7-10;15-13-6-10(11(16)7-17-13)5-4-9-2-1-3-12-14(9)19-8-18-12/h1,3,6-9H,2,4-5,17H2;1-3,6-8H,4-5,16H2,(H,18,19). The highest BCUT2D eigenvalue weighted by Gasteiger charge is 2.09. The number of hydrogen-bond donors (Lipinski definition) is 3. The lowest BCUT2D eigenvalue weighted by atomic mass is 10.0. The first-order valence-electron chi connectivity index (χ1n) is 12.3. The van der Waals surface area contributed by atoms with Crippen LogP contribution in [0, 0.1) is 0 Å². The van der Waals surface area contributed by atoms with E-state index in [1.807, 2.05) is 30.5 Å². The number of rotatable bonds is 6. The summed E-state index contributed by atoms with van der Waals surface area (Å²) in [5.41, 5.74) is 22.2. The van der Waals surface area contributed by atoms with Crippen LogP contribution in [-0.4, -0.2) is 26.2 Å². The Balaban J connectivity index is 0.000000155. The number of aromatic amines is 1. The van der Waals surface area contributed by atoms with Gasteiger partial charge in [0.25, 0.3) is 0 Å². The average Bonchev–Trinajstić information content (AvgIpc) is 3.59. The predicted molar refractivity (Wildman–Crippen MR) is 157 cm³/mol. The summed E-state index contributed by atoms with van der Waals surface area (Å²) in [4.78, 5) is 19.7. The van der Waals surface area contributed by atoms with Crippen LogP contribution in [0.25, 0.3) is 11.0 Å². The van der Waals surface area contributed by atoms with E-state index in [0.717, 1.165) is 60.0 Å². The van der Waals surface area contributed by atoms with Gasteiger partial charge in [0.15, 0.2) is 0 Å². The number of nitrogens with zero attached hydrogens (tertiary/aromatic N) is 4. The first-order chi connectivity index (χ1) is 18.5. The fourth-order valence-electron chi connectivity index (χ4n) is 4.47. The quantitative estimate of drug-likeness (QED) is 0.216. The molecule has 0 spiro atoms. The second-order valence-corrected chi connectivity index (χ2v) is 9.88. The molecule has 0 amide bonds. The third-order valence-corrected chi connectivity index (χ3v) is 6.97. The van der Waals surface area contributed by atoms with E-state index in [2.05, 4.69) is 49.2 Å². The second kappa shape index (κ2) is 11.6. The number of aryl methyl sites for hydroxylation is 4. The summed E-state index contributed by atoms with van der Waals surface area (Å²) in [5, 5.41) is 0.963. The number of pyridine rings is 2. The largest absolute Gasteiger partial charge is 0.397 e. The highest BCUT2D eigenvalue weighted by molar-refractivity contribution is 6.29. The first-order valence-corrected chi connectivity index (χ1v) is 13.1. The number of nitrogens with one attached hydrogen (secondary N) is 1. The van der Waals surface area contributed by atoms with Crippen molar-refractivity contribution in [2.45, 2.75) is 32.1 Å². The molecule has 7 nitrogen and oxygen atoms in total. The molecule has 0 bridgehead atoms. The van der Waals surface area contributed by atoms with E-state index in [1.54, 1.807) is 18.7 Å². The van der Waals surface area contributed by atoms with Crippen molar-refractivity contribution in [2.24, 2.45) is 4.99 Å². The van der Waals surface area contributed by atoms with Crippen LogP contribution < -0.4 is 11.5 Å². The molecular formula is C29H27Cl2N7. The Morgan fingerprint density at radius 2 is 1.45 bits per heavy atom. The van der Waals surface area contributed by atoms with Gasteiger partial charge in [-0.2, -0.15) is 0 Å². The Hall–Kier alpha value is -3.94. The Labute approximate surface area is 231 Å². The molecule has 192 valence electrons. The van der Waals surface area contributed by atoms with E-state index in [0.29, 0.717) is 21.7 Å². The van der Waals surface area contributed by atoms with Gasteiger partial charge in [0.2, 0.25) is 0 Å². The number of halogens is 2. The molecule has 6 rings (SSSR count). The molecule has 0 saturated heterocycles. The van der Waals surface area contributed by atoms with Gasteiger partial charge in [-0.15, -0.1) is 0 Å². The molecule has 5 aromatic rings. The normalized spacial score (nSPS) is 11.8. The predicted octanol–water partition coefficient (Wildman–Crippen LogP) is 6.34. The molecule has 1 aliphatic heterocycles. The van der Waals surface area contributed by atoms with E-state index in [9.17, 15) is 0 Å². The number of hydrogen-bond acceptors (Lipinski definition) is 6. The third-order valence-electron chi connectivity index (χ3n) is 6.55. The summed E-state index contributed by atoms with van der Waals surface area (Å²) in [5.74, 6) is 0. The SMILES string of the molecule is Nc1cnc(Cl)cc1CCc1ccc2c(c1)N=CC2.Nc1cnc(Cl)cc1CCc1cccc2[nH]cnc12. The lowest BCUT2D eigenvalue weighted by molar-refractivity contribution is 0.958. The van der Waals surface area contributed by atoms with Crippen LogP contribution in [-0.2, 0) is 32.1 Å². The Morgan fingerprint density at radius 3 is 2.18 bits per heavy atom. The van der Waals surface area contributed by atoms with E-state index < -0.39 is 0 Å². The number of imidazole rings is 1. The van der Waals surface area contributed by atoms with Gasteiger partial charge in [0.1, 0.15) is 10.3 Å². The lowest BCUT2D eigenvalue weighted by Gasteiger charge is -2.07. The smallest absolute Gasteiger partial charge is 0.129 e. The van der Waals surface area contributed by atoms with Gasteiger partial charge in [-0.1, -0.05) is 47.5 Å². The molecule has 2 aromatic carbocycles. The van der Waals surface area contributed by atoms with Crippen LogP contribution in [0.3, 0.4) is 0 Å². The Kier molecular flexibility index (Phi) is 7.86. The molecule has 0 saturated carbocycles. The molecule has 0 aliphatic carbocycles. The molecule has 0 unspecified atom stereocenters. The van der Waals surface area contributed by atoms with Crippen molar-refractivity contribution in [3.05, 3.63) is 105 Å². The van der Waals surface area contributed by atoms with Gasteiger partial charge < -0.3 is 16.5 Å². The first kappa shape index (κ1) is 25.7. The van der Waals surface area contributed by atoms with Gasteiger partial charge in [0, 0.05) is 12.6 Å². The molecule has 9 heteroatoms. The molecule has 38 heavy (non-hydrogen) atoms. The van der Waals surface area contributed by atoms with Gasteiger partial charge >= 0.3 is 0 Å². The number of fused-ring (bicyclic) bond motifs is 2. The molecule has 0 fully saturated rings. The zero-order chi connectivity index (χ0) is 26.5. The van der Waals surface area contributed by atoms with E-state index in [1.165, 1.54) is 16.7 Å². The van der Waals surface area contributed by atoms with Crippen LogP contribution in [0.5, 0.6) is 0 Å². The van der Waals surface area contributed by atoms with Crippen LogP contribution in [0.4, 0.5) is 17.1 Å². The van der Waals surface area contributed by atoms with Gasteiger partial charge in [-0.25, -0.2) is 15.0 Å². The summed E-state index contributed by atoms with van der Waals surface area (Å²) in [6.45, 7) is 0. The third kappa shape index (κ3) is 6.13. The number of aromatic nitrogens is 4. The Bertz CT molecular complexity index is 1610. The fourth-order valence-corrected chi connectivity index (χ4v) is 4.83. The van der Waals surface area contributed by atoms with Crippen molar-refractivity contribution < 1.29 is 0 Å². The number of para-hydroxylation sites is 1. The molecule has 0 radical (unpaired) electrons. The molecule has 3 aromatic heterocycles. The monoisotopic (exact) mass is 543 g/mol. The number of nitrogen functional groups attached to an aromatic ring is 2.